The number of carbonyl (C=O) groups excluding carboxylic acids is 1. The van der Waals surface area contributed by atoms with Gasteiger partial charge in [-0.3, -0.25) is 4.79 Å². The molecular formula is C24H22ClN3O. The molecule has 1 aliphatic heterocycles. The highest BCUT2D eigenvalue weighted by Gasteiger charge is 2.31. The van der Waals surface area contributed by atoms with Crippen molar-refractivity contribution in [1.29, 1.82) is 0 Å². The van der Waals surface area contributed by atoms with Crippen molar-refractivity contribution in [2.75, 3.05) is 6.54 Å². The lowest BCUT2D eigenvalue weighted by Crippen LogP contribution is -2.37. The summed E-state index contributed by atoms with van der Waals surface area (Å²) in [6.07, 6.45) is 3.09. The molecule has 0 atom stereocenters. The van der Waals surface area contributed by atoms with E-state index in [-0.39, 0.29) is 5.91 Å². The van der Waals surface area contributed by atoms with E-state index < -0.39 is 0 Å². The number of benzene rings is 2. The average Bonchev–Trinajstić information content (AvgIpc) is 3.58. The number of aryl methyl sites for hydroxylation is 1. The Morgan fingerprint density at radius 1 is 1.07 bits per heavy atom. The standard InChI is InChI=1S/C24H22ClN3O/c1-15-4-2-3-5-19(15)24(29)28-13-12-21-20(14-28)22(16-8-10-18(25)11-9-16)27-23(26-21)17-6-7-17/h2-5,8-11,17H,6-7,12-14H2,1H3. The zero-order chi connectivity index (χ0) is 20.0. The van der Waals surface area contributed by atoms with Crippen LogP contribution in [0.2, 0.25) is 5.02 Å². The lowest BCUT2D eigenvalue weighted by Gasteiger charge is -2.30. The predicted molar refractivity (Wildman–Crippen MR) is 114 cm³/mol. The van der Waals surface area contributed by atoms with Crippen LogP contribution in [0.1, 0.15) is 51.8 Å². The molecule has 3 aromatic rings. The van der Waals surface area contributed by atoms with Crippen LogP contribution in [0.15, 0.2) is 48.5 Å². The third kappa shape index (κ3) is 3.53. The normalized spacial score (nSPS) is 15.9. The molecule has 2 aromatic carbocycles. The van der Waals surface area contributed by atoms with Gasteiger partial charge in [-0.1, -0.05) is 41.9 Å². The SMILES string of the molecule is Cc1ccccc1C(=O)N1CCc2nc(C3CC3)nc(-c3ccc(Cl)cc3)c2C1. The van der Waals surface area contributed by atoms with E-state index in [0.29, 0.717) is 24.0 Å². The van der Waals surface area contributed by atoms with Gasteiger partial charge in [0.25, 0.3) is 5.91 Å². The van der Waals surface area contributed by atoms with E-state index in [2.05, 4.69) is 0 Å². The van der Waals surface area contributed by atoms with Gasteiger partial charge in [0.2, 0.25) is 0 Å². The third-order valence-electron chi connectivity index (χ3n) is 5.80. The Bertz CT molecular complexity index is 1090. The van der Waals surface area contributed by atoms with Crippen LogP contribution < -0.4 is 0 Å². The van der Waals surface area contributed by atoms with Gasteiger partial charge in [-0.2, -0.15) is 0 Å². The Kier molecular flexibility index (Phi) is 4.59. The van der Waals surface area contributed by atoms with Gasteiger partial charge < -0.3 is 4.90 Å². The van der Waals surface area contributed by atoms with Crippen LogP contribution in [0.3, 0.4) is 0 Å². The van der Waals surface area contributed by atoms with Crippen LogP contribution in [0.4, 0.5) is 0 Å². The fourth-order valence-electron chi connectivity index (χ4n) is 3.96. The van der Waals surface area contributed by atoms with Crippen LogP contribution in [0.5, 0.6) is 0 Å². The molecule has 0 bridgehead atoms. The number of halogens is 1. The van der Waals surface area contributed by atoms with E-state index in [0.717, 1.165) is 58.7 Å². The first-order valence-corrected chi connectivity index (χ1v) is 10.5. The summed E-state index contributed by atoms with van der Waals surface area (Å²) in [5.74, 6) is 1.51. The lowest BCUT2D eigenvalue weighted by atomic mass is 9.97. The highest BCUT2D eigenvalue weighted by atomic mass is 35.5. The summed E-state index contributed by atoms with van der Waals surface area (Å²) >= 11 is 6.10. The molecule has 4 nitrogen and oxygen atoms in total. The molecular weight excluding hydrogens is 382 g/mol. The summed E-state index contributed by atoms with van der Waals surface area (Å²) in [6.45, 7) is 3.20. The van der Waals surface area contributed by atoms with E-state index in [1.807, 2.05) is 60.4 Å². The predicted octanol–water partition coefficient (Wildman–Crippen LogP) is 5.18. The molecule has 0 radical (unpaired) electrons. The van der Waals surface area contributed by atoms with Gasteiger partial charge in [-0.15, -0.1) is 0 Å². The number of carbonyl (C=O) groups is 1. The molecule has 1 fully saturated rings. The maximum absolute atomic E-state index is 13.2. The van der Waals surface area contributed by atoms with Crippen molar-refractivity contribution in [3.05, 3.63) is 81.8 Å². The Morgan fingerprint density at radius 3 is 2.55 bits per heavy atom. The highest BCUT2D eigenvalue weighted by Crippen LogP contribution is 2.40. The van der Waals surface area contributed by atoms with Crippen molar-refractivity contribution in [3.63, 3.8) is 0 Å². The molecule has 1 amide bonds. The zero-order valence-corrected chi connectivity index (χ0v) is 17.1. The van der Waals surface area contributed by atoms with Gasteiger partial charge in [0.1, 0.15) is 5.82 Å². The average molecular weight is 404 g/mol. The van der Waals surface area contributed by atoms with E-state index in [1.54, 1.807) is 0 Å². The quantitative estimate of drug-likeness (QED) is 0.605. The van der Waals surface area contributed by atoms with Gasteiger partial charge in [0, 0.05) is 47.1 Å². The van der Waals surface area contributed by atoms with Crippen LogP contribution in [-0.2, 0) is 13.0 Å². The number of fused-ring (bicyclic) bond motifs is 1. The largest absolute Gasteiger partial charge is 0.334 e. The summed E-state index contributed by atoms with van der Waals surface area (Å²) in [5, 5.41) is 0.704. The minimum absolute atomic E-state index is 0.0714. The second-order valence-electron chi connectivity index (χ2n) is 7.93. The Morgan fingerprint density at radius 2 is 1.83 bits per heavy atom. The van der Waals surface area contributed by atoms with Crippen LogP contribution in [0.25, 0.3) is 11.3 Å². The highest BCUT2D eigenvalue weighted by molar-refractivity contribution is 6.30. The molecule has 1 aliphatic carbocycles. The maximum Gasteiger partial charge on any atom is 0.254 e. The molecule has 5 rings (SSSR count). The Hall–Kier alpha value is -2.72. The summed E-state index contributed by atoms with van der Waals surface area (Å²) in [4.78, 5) is 24.9. The van der Waals surface area contributed by atoms with Gasteiger partial charge in [0.15, 0.2) is 0 Å². The second kappa shape index (κ2) is 7.27. The van der Waals surface area contributed by atoms with E-state index in [1.165, 1.54) is 0 Å². The first-order valence-electron chi connectivity index (χ1n) is 10.1. The minimum Gasteiger partial charge on any atom is -0.334 e. The number of amides is 1. The third-order valence-corrected chi connectivity index (χ3v) is 6.05. The molecule has 29 heavy (non-hydrogen) atoms. The van der Waals surface area contributed by atoms with Gasteiger partial charge in [0.05, 0.1) is 11.4 Å². The second-order valence-corrected chi connectivity index (χ2v) is 8.36. The van der Waals surface area contributed by atoms with Crippen LogP contribution in [0, 0.1) is 6.92 Å². The molecule has 1 aromatic heterocycles. The van der Waals surface area contributed by atoms with Gasteiger partial charge >= 0.3 is 0 Å². The van der Waals surface area contributed by atoms with Crippen molar-refractivity contribution in [2.24, 2.45) is 0 Å². The minimum atomic E-state index is 0.0714. The molecule has 146 valence electrons. The molecule has 0 saturated heterocycles. The molecule has 0 N–H and O–H groups in total. The number of aromatic nitrogens is 2. The summed E-state index contributed by atoms with van der Waals surface area (Å²) in [5.41, 5.74) is 5.88. The summed E-state index contributed by atoms with van der Waals surface area (Å²) in [6, 6.07) is 15.6. The number of hydrogen-bond donors (Lipinski definition) is 0. The van der Waals surface area contributed by atoms with Crippen molar-refractivity contribution in [2.45, 2.75) is 38.6 Å². The number of nitrogens with zero attached hydrogens (tertiary/aromatic N) is 3. The zero-order valence-electron chi connectivity index (χ0n) is 16.4. The summed E-state index contributed by atoms with van der Waals surface area (Å²) < 4.78 is 0. The molecule has 0 spiro atoms. The van der Waals surface area contributed by atoms with Crippen LogP contribution >= 0.6 is 11.6 Å². The van der Waals surface area contributed by atoms with Crippen molar-refractivity contribution in [3.8, 4) is 11.3 Å². The maximum atomic E-state index is 13.2. The van der Waals surface area contributed by atoms with Gasteiger partial charge in [-0.05, 0) is 43.5 Å². The van der Waals surface area contributed by atoms with E-state index in [9.17, 15) is 4.79 Å². The van der Waals surface area contributed by atoms with Gasteiger partial charge in [-0.25, -0.2) is 9.97 Å². The monoisotopic (exact) mass is 403 g/mol. The smallest absolute Gasteiger partial charge is 0.254 e. The number of rotatable bonds is 3. The number of hydrogen-bond acceptors (Lipinski definition) is 3. The van der Waals surface area contributed by atoms with Crippen molar-refractivity contribution >= 4 is 17.5 Å². The Labute approximate surface area is 175 Å². The topological polar surface area (TPSA) is 46.1 Å². The first kappa shape index (κ1) is 18.3. The fraction of sp³-hybridized carbons (Fsp3) is 0.292. The van der Waals surface area contributed by atoms with Crippen molar-refractivity contribution < 1.29 is 4.79 Å². The lowest BCUT2D eigenvalue weighted by molar-refractivity contribution is 0.0733. The molecule has 0 unspecified atom stereocenters. The van der Waals surface area contributed by atoms with Crippen molar-refractivity contribution in [1.82, 2.24) is 14.9 Å². The Balaban J connectivity index is 1.54. The molecule has 1 saturated carbocycles. The van der Waals surface area contributed by atoms with Crippen LogP contribution in [-0.4, -0.2) is 27.3 Å². The fourth-order valence-corrected chi connectivity index (χ4v) is 4.09. The van der Waals surface area contributed by atoms with E-state index in [4.69, 9.17) is 21.6 Å². The first-order chi connectivity index (χ1) is 14.1. The molecule has 2 aliphatic rings. The molecule has 5 heteroatoms. The summed E-state index contributed by atoms with van der Waals surface area (Å²) in [7, 11) is 0. The molecule has 2 heterocycles. The van der Waals surface area contributed by atoms with E-state index >= 15 is 0 Å².